The van der Waals surface area contributed by atoms with Crippen LogP contribution in [0.1, 0.15) is 105 Å². The third kappa shape index (κ3) is 20.1. The van der Waals surface area contributed by atoms with Gasteiger partial charge >= 0.3 is 0 Å². The minimum Gasteiger partial charge on any atom is -0.508 e. The number of aliphatic hydroxyl groups is 6. The Balaban J connectivity index is 1.01. The summed E-state index contributed by atoms with van der Waals surface area (Å²) >= 11 is 20.2. The molecule has 0 aliphatic carbocycles. The second-order valence-electron chi connectivity index (χ2n) is 30.3. The first-order valence-corrected chi connectivity index (χ1v) is 40.5. The maximum Gasteiger partial charge on any atom is 0.261 e. The Labute approximate surface area is 710 Å². The van der Waals surface area contributed by atoms with Gasteiger partial charge in [0.05, 0.1) is 52.8 Å². The van der Waals surface area contributed by atoms with Gasteiger partial charge in [0.25, 0.3) is 10.0 Å². The molecule has 42 heteroatoms. The maximum atomic E-state index is 16.3. The van der Waals surface area contributed by atoms with Crippen molar-refractivity contribution in [1.29, 1.82) is 0 Å². The van der Waals surface area contributed by atoms with Crippen LogP contribution in [0.15, 0.2) is 132 Å². The Hall–Kier alpha value is -11.3. The Morgan fingerprint density at radius 2 is 1.28 bits per heavy atom. The van der Waals surface area contributed by atoms with Crippen molar-refractivity contribution in [3.8, 4) is 57.1 Å². The molecule has 14 rings (SSSR count). The molecule has 7 aromatic carbocycles. The second-order valence-corrected chi connectivity index (χ2v) is 33.2. The quantitative estimate of drug-likeness (QED) is 0.0552. The topological polar surface area (TPSA) is 598 Å². The Kier molecular flexibility index (Phi) is 27.5. The normalized spacial score (nSPS) is 26.4. The highest BCUT2D eigenvalue weighted by Crippen LogP contribution is 2.50. The summed E-state index contributed by atoms with van der Waals surface area (Å²) in [6.07, 6.45) is -19.0. The molecule has 38 nitrogen and oxygen atoms in total. The molecule has 2 saturated heterocycles. The van der Waals surface area contributed by atoms with Crippen LogP contribution >= 0.6 is 34.8 Å². The molecule has 0 aromatic heterocycles. The van der Waals surface area contributed by atoms with Crippen LogP contribution in [0.2, 0.25) is 15.1 Å². The van der Waals surface area contributed by atoms with E-state index < -0.39 is 265 Å². The number of phenols is 3. The zero-order chi connectivity index (χ0) is 88.4. The first kappa shape index (κ1) is 90.0. The molecule has 650 valence electrons. The molecule has 7 aliphatic heterocycles. The van der Waals surface area contributed by atoms with E-state index >= 15 is 24.0 Å². The van der Waals surface area contributed by atoms with Gasteiger partial charge in [0.15, 0.2) is 23.9 Å². The molecule has 9 amide bonds. The van der Waals surface area contributed by atoms with Crippen LogP contribution in [0.4, 0.5) is 11.4 Å². The summed E-state index contributed by atoms with van der Waals surface area (Å²) in [5.41, 5.74) is 8.04. The third-order valence-electron chi connectivity index (χ3n) is 20.8. The second kappa shape index (κ2) is 37.2. The minimum atomic E-state index is -4.11. The Morgan fingerprint density at radius 1 is 0.672 bits per heavy atom. The van der Waals surface area contributed by atoms with Gasteiger partial charge in [-0.2, -0.15) is 0 Å². The number of aliphatic hydroxyl groups excluding tert-OH is 6. The number of ether oxygens (including phenoxy) is 6. The molecule has 11 bridgehead atoms. The lowest BCUT2D eigenvalue weighted by Gasteiger charge is -2.47. The molecule has 7 aliphatic rings. The smallest absolute Gasteiger partial charge is 0.261 e. The highest BCUT2D eigenvalue weighted by molar-refractivity contribution is 7.92. The van der Waals surface area contributed by atoms with Crippen molar-refractivity contribution in [2.75, 3.05) is 30.2 Å². The predicted octanol–water partition coefficient (Wildman–Crippen LogP) is 2.23. The van der Waals surface area contributed by atoms with Gasteiger partial charge in [-0.25, -0.2) is 8.42 Å². The molecule has 18 unspecified atom stereocenters. The van der Waals surface area contributed by atoms with Crippen LogP contribution in [0.5, 0.6) is 46.0 Å². The highest BCUT2D eigenvalue weighted by atomic mass is 35.5. The van der Waals surface area contributed by atoms with Crippen LogP contribution in [-0.4, -0.2) is 207 Å². The van der Waals surface area contributed by atoms with Crippen molar-refractivity contribution < 1.29 is 126 Å². The number of rotatable bonds is 19. The number of fused-ring (bicyclic) bond motifs is 15. The van der Waals surface area contributed by atoms with Gasteiger partial charge in [-0.3, -0.25) is 47.9 Å². The number of benzene rings is 7. The van der Waals surface area contributed by atoms with E-state index in [4.69, 9.17) is 74.7 Å². The zero-order valence-electron chi connectivity index (χ0n) is 65.2. The molecule has 2 fully saturated rings. The Bertz CT molecular complexity index is 5330. The molecular weight excluding hydrogens is 1680 g/mol. The van der Waals surface area contributed by atoms with Crippen LogP contribution < -0.4 is 78.3 Å². The van der Waals surface area contributed by atoms with Gasteiger partial charge in [-0.05, 0) is 164 Å². The summed E-state index contributed by atoms with van der Waals surface area (Å²) in [5, 5.41) is 128. The number of nitrogens with two attached hydrogens (primary N) is 2. The largest absolute Gasteiger partial charge is 0.508 e. The molecular formula is C80H87Cl3N12O26S. The first-order chi connectivity index (χ1) is 57.7. The molecule has 7 aromatic rings. The number of anilines is 2. The number of phenolic OH excluding ortho intramolecular Hbond substituents is 3. The standard InChI is InChI=1S/C80H87Cl3N12O26S/c1-32(2)20-47(86-5)72(107)93-63-65(102)35-7-18-51(45(82)22-35)117-53-24-37-25-54(69(53)121-79-70(68(105)67(104)55(31-96)119-79)120-58-29-80(4,85)71(106)33(3)116-58)118-52-19-8-36(23-46(52)83)66(103)64-78(113)92-62(74(109)87-30-57(101)88-39-11-13-40(14-12-39)95-122(114,115)42-15-9-38(81)10-16-42)44-26-41(97)27-50(99)59(44)43-21-34(6-17-49(43)98)60(75(110)94-64)91-76(111)61(37)90-73(108)48(28-56(84)100)89-77(63)112/h6-19,21-27,32-33,47-48,55,58,60-68,70-71,79,86,95-99,102-106H,20,28-31,85H2,1-5H3,(H2,84,100)(H,87,109)(H,88,101)(H,89,112)(H,90,108)(H,91,111)(H,92,113)(H,93,107)(H,94,110). The van der Waals surface area contributed by atoms with E-state index in [2.05, 4.69) is 52.6 Å². The third-order valence-corrected chi connectivity index (χ3v) is 23.0. The van der Waals surface area contributed by atoms with Crippen molar-refractivity contribution in [3.05, 3.63) is 170 Å². The van der Waals surface area contributed by atoms with Crippen molar-refractivity contribution in [2.24, 2.45) is 17.4 Å². The van der Waals surface area contributed by atoms with E-state index in [1.807, 2.05) is 13.8 Å². The van der Waals surface area contributed by atoms with Gasteiger partial charge in [0.1, 0.15) is 95.5 Å². The lowest BCUT2D eigenvalue weighted by atomic mass is 9.86. The number of amides is 9. The fourth-order valence-electron chi connectivity index (χ4n) is 14.4. The van der Waals surface area contributed by atoms with Crippen molar-refractivity contribution in [3.63, 3.8) is 0 Å². The molecule has 0 spiro atoms. The number of carbonyl (C=O) groups is 9. The molecule has 0 saturated carbocycles. The maximum absolute atomic E-state index is 16.3. The number of hydrogen-bond acceptors (Lipinski definition) is 28. The monoisotopic (exact) mass is 1770 g/mol. The van der Waals surface area contributed by atoms with Crippen LogP contribution in [-0.2, 0) is 67.4 Å². The van der Waals surface area contributed by atoms with Crippen LogP contribution in [0.3, 0.4) is 0 Å². The van der Waals surface area contributed by atoms with Gasteiger partial charge in [0, 0.05) is 45.6 Å². The summed E-state index contributed by atoms with van der Waals surface area (Å²) in [6, 6.07) is 9.54. The van der Waals surface area contributed by atoms with Crippen molar-refractivity contribution >= 4 is 109 Å². The number of hydrogen-bond donors (Lipinski definition) is 21. The zero-order valence-corrected chi connectivity index (χ0v) is 68.3. The van der Waals surface area contributed by atoms with Crippen molar-refractivity contribution in [2.45, 2.75) is 161 Å². The number of primary amides is 1. The number of nitrogens with one attached hydrogen (secondary N) is 10. The molecule has 18 atom stereocenters. The van der Waals surface area contributed by atoms with E-state index in [0.717, 1.165) is 66.7 Å². The number of sulfonamides is 1. The average Bonchev–Trinajstić information content (AvgIpc) is 0.762. The summed E-state index contributed by atoms with van der Waals surface area (Å²) in [6.45, 7) is 4.68. The van der Waals surface area contributed by atoms with E-state index in [0.29, 0.717) is 5.02 Å². The summed E-state index contributed by atoms with van der Waals surface area (Å²) in [5.74, 6) is -16.9. The molecule has 23 N–H and O–H groups in total. The molecule has 7 heterocycles. The van der Waals surface area contributed by atoms with Crippen molar-refractivity contribution in [1.82, 2.24) is 42.5 Å². The minimum absolute atomic E-state index is 0.0736. The lowest BCUT2D eigenvalue weighted by Crippen LogP contribution is -2.64. The summed E-state index contributed by atoms with van der Waals surface area (Å²) in [4.78, 5) is 134. The number of carbonyl (C=O) groups excluding carboxylic acids is 9. The van der Waals surface area contributed by atoms with Gasteiger partial charge in [-0.15, -0.1) is 0 Å². The van der Waals surface area contributed by atoms with Crippen LogP contribution in [0.25, 0.3) is 11.1 Å². The first-order valence-electron chi connectivity index (χ1n) is 37.9. The Morgan fingerprint density at radius 3 is 1.89 bits per heavy atom. The summed E-state index contributed by atoms with van der Waals surface area (Å²) < 4.78 is 67.2. The molecule has 122 heavy (non-hydrogen) atoms. The number of likely N-dealkylation sites (N-methyl/N-ethyl adjacent to an activating group) is 1. The summed E-state index contributed by atoms with van der Waals surface area (Å²) in [7, 11) is -2.64. The number of aromatic hydroxyl groups is 3. The van der Waals surface area contributed by atoms with Gasteiger partial charge in [-0.1, -0.05) is 66.8 Å². The SMILES string of the molecule is CNC(CC(C)C)C(=O)NC1C(=O)NC(CC(N)=O)C(=O)NC2C(=O)NC3C(=O)NC(C(=O)NC(C(=O)NCC(=O)Nc4ccc(NS(=O)(=O)c5ccc(Cl)cc5)cc4)c4cc(O)cc(O)c4-c4cc3ccc4O)C(O)c3ccc(c(Cl)c3)Oc3cc2cc(c3OC2OC(CO)C(O)C(O)C2OC2CC(C)(N)C(O)C(C)O2)Oc2ccc(cc2Cl)C1O. The molecule has 0 radical (unpaired) electrons. The number of halogens is 3. The van der Waals surface area contributed by atoms with E-state index in [1.54, 1.807) is 0 Å². The predicted molar refractivity (Wildman–Crippen MR) is 432 cm³/mol. The fourth-order valence-corrected chi connectivity index (χ4v) is 16.1. The van der Waals surface area contributed by atoms with Crippen LogP contribution in [0, 0.1) is 5.92 Å². The average molecular weight is 1770 g/mol. The highest BCUT2D eigenvalue weighted by Gasteiger charge is 2.52. The van der Waals surface area contributed by atoms with E-state index in [9.17, 15) is 73.6 Å². The van der Waals surface area contributed by atoms with Gasteiger partial charge < -0.3 is 134 Å². The van der Waals surface area contributed by atoms with E-state index in [-0.39, 0.29) is 56.9 Å². The van der Waals surface area contributed by atoms with Gasteiger partial charge in [0.2, 0.25) is 65.2 Å². The lowest BCUT2D eigenvalue weighted by molar-refractivity contribution is -0.333. The fraction of sp³-hybridized carbons (Fsp3) is 0.362. The van der Waals surface area contributed by atoms with E-state index in [1.165, 1.54) is 81.6 Å².